The Morgan fingerprint density at radius 1 is 1.15 bits per heavy atom. The lowest BCUT2D eigenvalue weighted by Gasteiger charge is -2.10. The third-order valence-electron chi connectivity index (χ3n) is 3.58. The summed E-state index contributed by atoms with van der Waals surface area (Å²) < 4.78 is 10.4. The molecule has 0 radical (unpaired) electrons. The molecule has 0 fully saturated rings. The van der Waals surface area contributed by atoms with Crippen molar-refractivity contribution in [2.24, 2.45) is 0 Å². The molecule has 134 valence electrons. The number of ether oxygens (including phenoxy) is 2. The van der Waals surface area contributed by atoms with E-state index in [1.165, 1.54) is 13.3 Å². The lowest BCUT2D eigenvalue weighted by Crippen LogP contribution is -2.15. The molecule has 0 aliphatic carbocycles. The zero-order valence-corrected chi connectivity index (χ0v) is 15.3. The lowest BCUT2D eigenvalue weighted by atomic mass is 10.2. The fourth-order valence-electron chi connectivity index (χ4n) is 2.15. The van der Waals surface area contributed by atoms with Crippen molar-refractivity contribution >= 4 is 28.9 Å². The zero-order valence-electron chi connectivity index (χ0n) is 14.6. The molecule has 0 aromatic heterocycles. The molecule has 2 aromatic carbocycles. The summed E-state index contributed by atoms with van der Waals surface area (Å²) >= 11 is 5.94. The minimum absolute atomic E-state index is 0.0841. The van der Waals surface area contributed by atoms with Crippen LogP contribution in [-0.4, -0.2) is 20.1 Å². The number of amides is 1. The van der Waals surface area contributed by atoms with E-state index in [0.29, 0.717) is 27.9 Å². The second-order valence-corrected chi connectivity index (χ2v) is 5.73. The van der Waals surface area contributed by atoms with Crippen molar-refractivity contribution in [2.75, 3.05) is 24.9 Å². The van der Waals surface area contributed by atoms with Crippen LogP contribution in [0.5, 0.6) is 11.5 Å². The Morgan fingerprint density at radius 3 is 2.54 bits per heavy atom. The number of anilines is 2. The Hall–Kier alpha value is -3.17. The van der Waals surface area contributed by atoms with Gasteiger partial charge in [0.2, 0.25) is 0 Å². The summed E-state index contributed by atoms with van der Waals surface area (Å²) in [6.45, 7) is 1.84. The first-order valence-electron chi connectivity index (χ1n) is 7.64. The van der Waals surface area contributed by atoms with E-state index in [1.807, 2.05) is 13.0 Å². The Kier molecular flexibility index (Phi) is 6.48. The van der Waals surface area contributed by atoms with Crippen molar-refractivity contribution in [3.63, 3.8) is 0 Å². The Labute approximate surface area is 157 Å². The maximum Gasteiger partial charge on any atom is 0.267 e. The monoisotopic (exact) mass is 371 g/mol. The average Bonchev–Trinajstić information content (AvgIpc) is 2.65. The summed E-state index contributed by atoms with van der Waals surface area (Å²) in [6.07, 6.45) is 1.33. The fourth-order valence-corrected chi connectivity index (χ4v) is 2.32. The minimum atomic E-state index is -0.536. The average molecular weight is 372 g/mol. The fraction of sp³-hybridized carbons (Fsp3) is 0.158. The highest BCUT2D eigenvalue weighted by Gasteiger charge is 2.11. The SMILES string of the molecule is COc1ccc(N/C=C(/C#N)C(=O)Nc2cc(Cl)ccc2C)cc1OC. The van der Waals surface area contributed by atoms with E-state index in [1.54, 1.807) is 43.5 Å². The molecule has 2 aromatic rings. The van der Waals surface area contributed by atoms with Gasteiger partial charge < -0.3 is 20.1 Å². The highest BCUT2D eigenvalue weighted by atomic mass is 35.5. The summed E-state index contributed by atoms with van der Waals surface area (Å²) in [6, 6.07) is 12.2. The molecule has 0 heterocycles. The van der Waals surface area contributed by atoms with Crippen LogP contribution in [0, 0.1) is 18.3 Å². The quantitative estimate of drug-likeness (QED) is 0.589. The van der Waals surface area contributed by atoms with Crippen molar-refractivity contribution in [2.45, 2.75) is 6.92 Å². The first kappa shape index (κ1) is 19.2. The number of rotatable bonds is 6. The highest BCUT2D eigenvalue weighted by molar-refractivity contribution is 6.31. The van der Waals surface area contributed by atoms with Crippen LogP contribution in [-0.2, 0) is 4.79 Å². The molecule has 0 saturated carbocycles. The molecule has 0 spiro atoms. The third kappa shape index (κ3) is 4.68. The molecule has 1 amide bonds. The maximum absolute atomic E-state index is 12.3. The van der Waals surface area contributed by atoms with Gasteiger partial charge in [0, 0.05) is 28.7 Å². The number of carbonyl (C=O) groups is 1. The number of aryl methyl sites for hydroxylation is 1. The van der Waals surface area contributed by atoms with Crippen LogP contribution in [0.2, 0.25) is 5.02 Å². The summed E-state index contributed by atoms with van der Waals surface area (Å²) in [5, 5.41) is 15.4. The first-order chi connectivity index (χ1) is 12.5. The van der Waals surface area contributed by atoms with Gasteiger partial charge in [0.1, 0.15) is 11.6 Å². The van der Waals surface area contributed by atoms with Gasteiger partial charge in [-0.1, -0.05) is 17.7 Å². The summed E-state index contributed by atoms with van der Waals surface area (Å²) in [5.74, 6) is 0.575. The number of methoxy groups -OCH3 is 2. The van der Waals surface area contributed by atoms with Crippen LogP contribution in [0.15, 0.2) is 48.2 Å². The second-order valence-electron chi connectivity index (χ2n) is 5.30. The van der Waals surface area contributed by atoms with E-state index in [9.17, 15) is 10.1 Å². The standard InChI is InChI=1S/C19H18ClN3O3/c1-12-4-5-14(20)8-16(12)23-19(24)13(10-21)11-22-15-6-7-17(25-2)18(9-15)26-3/h4-9,11,22H,1-3H3,(H,23,24)/b13-11-. The van der Waals surface area contributed by atoms with Gasteiger partial charge >= 0.3 is 0 Å². The topological polar surface area (TPSA) is 83.4 Å². The Morgan fingerprint density at radius 2 is 1.88 bits per heavy atom. The van der Waals surface area contributed by atoms with Crippen molar-refractivity contribution < 1.29 is 14.3 Å². The van der Waals surface area contributed by atoms with Gasteiger partial charge in [0.15, 0.2) is 11.5 Å². The number of hydrogen-bond donors (Lipinski definition) is 2. The summed E-state index contributed by atoms with van der Waals surface area (Å²) in [5.41, 5.74) is 1.95. The van der Waals surface area contributed by atoms with Gasteiger partial charge in [0.25, 0.3) is 5.91 Å². The van der Waals surface area contributed by atoms with Gasteiger partial charge in [0.05, 0.1) is 14.2 Å². The predicted octanol–water partition coefficient (Wildman–Crippen LogP) is 4.12. The minimum Gasteiger partial charge on any atom is -0.493 e. The number of halogens is 1. The Bertz CT molecular complexity index is 888. The van der Waals surface area contributed by atoms with E-state index >= 15 is 0 Å². The van der Waals surface area contributed by atoms with Gasteiger partial charge in [-0.15, -0.1) is 0 Å². The largest absolute Gasteiger partial charge is 0.493 e. The molecule has 2 N–H and O–H groups in total. The van der Waals surface area contributed by atoms with Crippen LogP contribution in [0.4, 0.5) is 11.4 Å². The van der Waals surface area contributed by atoms with E-state index in [0.717, 1.165) is 5.56 Å². The summed E-state index contributed by atoms with van der Waals surface area (Å²) in [4.78, 5) is 12.3. The highest BCUT2D eigenvalue weighted by Crippen LogP contribution is 2.29. The van der Waals surface area contributed by atoms with Gasteiger partial charge in [-0.2, -0.15) is 5.26 Å². The molecule has 6 nitrogen and oxygen atoms in total. The molecular formula is C19H18ClN3O3. The normalized spacial score (nSPS) is 10.7. The predicted molar refractivity (Wildman–Crippen MR) is 102 cm³/mol. The van der Waals surface area contributed by atoms with Crippen LogP contribution in [0.3, 0.4) is 0 Å². The molecule has 2 rings (SSSR count). The number of hydrogen-bond acceptors (Lipinski definition) is 5. The zero-order chi connectivity index (χ0) is 19.1. The van der Waals surface area contributed by atoms with Crippen molar-refractivity contribution in [1.29, 1.82) is 5.26 Å². The number of nitriles is 1. The van der Waals surface area contributed by atoms with Gasteiger partial charge in [-0.25, -0.2) is 0 Å². The Balaban J connectivity index is 2.16. The molecule has 0 unspecified atom stereocenters. The number of benzene rings is 2. The van der Waals surface area contributed by atoms with E-state index in [4.69, 9.17) is 21.1 Å². The van der Waals surface area contributed by atoms with Crippen LogP contribution < -0.4 is 20.1 Å². The van der Waals surface area contributed by atoms with E-state index in [-0.39, 0.29) is 5.57 Å². The molecule has 0 aliphatic rings. The number of nitrogens with zero attached hydrogens (tertiary/aromatic N) is 1. The van der Waals surface area contributed by atoms with Gasteiger partial charge in [-0.05, 0) is 36.8 Å². The lowest BCUT2D eigenvalue weighted by molar-refractivity contribution is -0.112. The molecule has 26 heavy (non-hydrogen) atoms. The molecule has 0 saturated heterocycles. The molecule has 7 heteroatoms. The van der Waals surface area contributed by atoms with Crippen LogP contribution in [0.1, 0.15) is 5.56 Å². The number of carbonyl (C=O) groups excluding carboxylic acids is 1. The molecule has 0 atom stereocenters. The summed E-state index contributed by atoms with van der Waals surface area (Å²) in [7, 11) is 3.07. The third-order valence-corrected chi connectivity index (χ3v) is 3.81. The van der Waals surface area contributed by atoms with Crippen molar-refractivity contribution in [3.8, 4) is 17.6 Å². The smallest absolute Gasteiger partial charge is 0.267 e. The maximum atomic E-state index is 12.3. The second kappa shape index (κ2) is 8.79. The molecule has 0 bridgehead atoms. The van der Waals surface area contributed by atoms with Crippen LogP contribution >= 0.6 is 11.6 Å². The first-order valence-corrected chi connectivity index (χ1v) is 8.02. The van der Waals surface area contributed by atoms with E-state index in [2.05, 4.69) is 10.6 Å². The molecular weight excluding hydrogens is 354 g/mol. The number of nitrogens with one attached hydrogen (secondary N) is 2. The van der Waals surface area contributed by atoms with E-state index < -0.39 is 5.91 Å². The van der Waals surface area contributed by atoms with Crippen LogP contribution in [0.25, 0.3) is 0 Å². The molecule has 0 aliphatic heterocycles. The van der Waals surface area contributed by atoms with Crippen molar-refractivity contribution in [1.82, 2.24) is 0 Å². The van der Waals surface area contributed by atoms with Crippen molar-refractivity contribution in [3.05, 3.63) is 58.8 Å². The van der Waals surface area contributed by atoms with Gasteiger partial charge in [-0.3, -0.25) is 4.79 Å².